The number of nitrogens with zero attached hydrogens (tertiary/aromatic N) is 3. The van der Waals surface area contributed by atoms with Gasteiger partial charge in [-0.05, 0) is 61.7 Å². The van der Waals surface area contributed by atoms with E-state index in [0.29, 0.717) is 30.2 Å². The monoisotopic (exact) mass is 423 g/mol. The molecule has 2 atom stereocenters. The molecule has 0 spiro atoms. The Labute approximate surface area is 160 Å². The van der Waals surface area contributed by atoms with E-state index in [0.717, 1.165) is 17.3 Å². The smallest absolute Gasteiger partial charge is 0.410 e. The second-order valence-corrected chi connectivity index (χ2v) is 8.77. The zero-order valence-electron chi connectivity index (χ0n) is 15.0. The number of piperazine rings is 1. The van der Waals surface area contributed by atoms with Crippen LogP contribution in [-0.4, -0.2) is 51.9 Å². The van der Waals surface area contributed by atoms with Crippen molar-refractivity contribution in [3.05, 3.63) is 16.6 Å². The number of ether oxygens (including phenoxy) is 1. The number of fused-ring (bicyclic) bond motifs is 3. The molecule has 2 aliphatic heterocycles. The molecule has 26 heavy (non-hydrogen) atoms. The lowest BCUT2D eigenvalue weighted by Gasteiger charge is -2.40. The van der Waals surface area contributed by atoms with Gasteiger partial charge in [-0.2, -0.15) is 4.98 Å². The summed E-state index contributed by atoms with van der Waals surface area (Å²) in [5, 5.41) is 10.0. The van der Waals surface area contributed by atoms with Crippen LogP contribution in [0.25, 0.3) is 11.1 Å². The Balaban J connectivity index is 1.57. The molecular formula is C18H22BrN3O4. The molecule has 3 heterocycles. The van der Waals surface area contributed by atoms with Gasteiger partial charge in [0, 0.05) is 13.1 Å². The summed E-state index contributed by atoms with van der Waals surface area (Å²) in [5.74, 6) is 0.0913. The van der Waals surface area contributed by atoms with Crippen LogP contribution in [0.5, 0.6) is 5.75 Å². The fourth-order valence-corrected chi connectivity index (χ4v) is 4.16. The van der Waals surface area contributed by atoms with Crippen molar-refractivity contribution in [3.63, 3.8) is 0 Å². The first-order valence-electron chi connectivity index (χ1n) is 8.77. The Hall–Kier alpha value is -1.96. The van der Waals surface area contributed by atoms with Crippen LogP contribution in [-0.2, 0) is 4.74 Å². The summed E-state index contributed by atoms with van der Waals surface area (Å²) in [7, 11) is 0. The van der Waals surface area contributed by atoms with Crippen LogP contribution in [0.1, 0.15) is 33.6 Å². The predicted octanol–water partition coefficient (Wildman–Crippen LogP) is 3.88. The molecule has 2 aliphatic rings. The maximum Gasteiger partial charge on any atom is 0.410 e. The average molecular weight is 424 g/mol. The van der Waals surface area contributed by atoms with Gasteiger partial charge in [-0.1, -0.05) is 0 Å². The molecule has 1 N–H and O–H groups in total. The average Bonchev–Trinajstić information content (AvgIpc) is 3.10. The highest BCUT2D eigenvalue weighted by Crippen LogP contribution is 2.37. The molecule has 8 heteroatoms. The Morgan fingerprint density at radius 2 is 1.96 bits per heavy atom. The number of phenols is 1. The van der Waals surface area contributed by atoms with Crippen LogP contribution < -0.4 is 4.90 Å². The lowest BCUT2D eigenvalue weighted by molar-refractivity contribution is 0.0120. The zero-order valence-corrected chi connectivity index (χ0v) is 16.6. The Kier molecular flexibility index (Phi) is 4.06. The first-order chi connectivity index (χ1) is 12.2. The molecule has 1 aromatic carbocycles. The van der Waals surface area contributed by atoms with E-state index in [2.05, 4.69) is 25.8 Å². The third-order valence-electron chi connectivity index (χ3n) is 4.82. The van der Waals surface area contributed by atoms with Crippen LogP contribution in [0.2, 0.25) is 0 Å². The Morgan fingerprint density at radius 3 is 2.54 bits per heavy atom. The summed E-state index contributed by atoms with van der Waals surface area (Å²) < 4.78 is 12.2. The van der Waals surface area contributed by atoms with Gasteiger partial charge in [0.15, 0.2) is 11.1 Å². The minimum atomic E-state index is -0.502. The van der Waals surface area contributed by atoms with E-state index >= 15 is 0 Å². The topological polar surface area (TPSA) is 79.0 Å². The summed E-state index contributed by atoms with van der Waals surface area (Å²) in [5.41, 5.74) is 0.468. The first-order valence-corrected chi connectivity index (χ1v) is 9.56. The second kappa shape index (κ2) is 6.04. The van der Waals surface area contributed by atoms with Crippen molar-refractivity contribution < 1.29 is 19.1 Å². The highest BCUT2D eigenvalue weighted by atomic mass is 79.9. The quantitative estimate of drug-likeness (QED) is 0.749. The third kappa shape index (κ3) is 3.00. The van der Waals surface area contributed by atoms with Crippen molar-refractivity contribution in [2.75, 3.05) is 18.0 Å². The number of oxazole rings is 1. The summed E-state index contributed by atoms with van der Waals surface area (Å²) in [6.07, 6.45) is 1.63. The maximum atomic E-state index is 12.6. The highest BCUT2D eigenvalue weighted by molar-refractivity contribution is 9.10. The number of carbonyl (C=O) groups is 1. The third-order valence-corrected chi connectivity index (χ3v) is 5.44. The molecule has 4 rings (SSSR count). The van der Waals surface area contributed by atoms with Crippen molar-refractivity contribution in [1.29, 1.82) is 0 Å². The van der Waals surface area contributed by atoms with Crippen LogP contribution >= 0.6 is 15.9 Å². The van der Waals surface area contributed by atoms with Crippen molar-refractivity contribution in [1.82, 2.24) is 9.88 Å². The number of carbonyl (C=O) groups excluding carboxylic acids is 1. The van der Waals surface area contributed by atoms with Crippen molar-refractivity contribution >= 4 is 39.1 Å². The molecule has 2 unspecified atom stereocenters. The first kappa shape index (κ1) is 17.5. The number of aromatic nitrogens is 1. The minimum absolute atomic E-state index is 0.0793. The van der Waals surface area contributed by atoms with E-state index < -0.39 is 5.60 Å². The maximum absolute atomic E-state index is 12.6. The van der Waals surface area contributed by atoms with Crippen LogP contribution in [0, 0.1) is 0 Å². The van der Waals surface area contributed by atoms with E-state index in [9.17, 15) is 9.90 Å². The van der Waals surface area contributed by atoms with E-state index in [1.54, 1.807) is 12.1 Å². The van der Waals surface area contributed by atoms with Gasteiger partial charge in [0.2, 0.25) is 0 Å². The molecule has 1 aromatic heterocycles. The molecule has 2 aromatic rings. The molecule has 0 aliphatic carbocycles. The van der Waals surface area contributed by atoms with Crippen molar-refractivity contribution in [2.45, 2.75) is 51.3 Å². The van der Waals surface area contributed by atoms with Gasteiger partial charge in [0.1, 0.15) is 11.4 Å². The standard InChI is InChI=1S/C18H22BrN3O4/c1-18(2,3)26-17(24)22-10-4-5-11(22)9-21(8-10)16-20-14-13(23)7-6-12(19)15(14)25-16/h6-7,10-11,23H,4-5,8-9H2,1-3H3. The van der Waals surface area contributed by atoms with Gasteiger partial charge in [-0.3, -0.25) is 4.90 Å². The SMILES string of the molecule is CC(C)(C)OC(=O)N1C2CCC1CN(c1nc3c(O)ccc(Br)c3o1)C2. The molecule has 0 saturated carbocycles. The predicted molar refractivity (Wildman–Crippen MR) is 100 cm³/mol. The van der Waals surface area contributed by atoms with Crippen LogP contribution in [0.4, 0.5) is 10.8 Å². The zero-order chi connectivity index (χ0) is 18.6. The fraction of sp³-hybridized carbons (Fsp3) is 0.556. The van der Waals surface area contributed by atoms with E-state index in [-0.39, 0.29) is 23.9 Å². The number of hydrogen-bond acceptors (Lipinski definition) is 6. The number of benzene rings is 1. The molecule has 0 radical (unpaired) electrons. The second-order valence-electron chi connectivity index (χ2n) is 7.92. The van der Waals surface area contributed by atoms with Gasteiger partial charge in [0.05, 0.1) is 16.6 Å². The highest BCUT2D eigenvalue weighted by Gasteiger charge is 2.45. The molecule has 1 amide bonds. The number of aromatic hydroxyl groups is 1. The van der Waals surface area contributed by atoms with Gasteiger partial charge < -0.3 is 19.2 Å². The summed E-state index contributed by atoms with van der Waals surface area (Å²) in [6, 6.07) is 3.95. The molecule has 2 bridgehead atoms. The van der Waals surface area contributed by atoms with Crippen molar-refractivity contribution in [3.8, 4) is 5.75 Å². The number of phenolic OH excluding ortho intramolecular Hbond substituents is 1. The van der Waals surface area contributed by atoms with E-state index in [1.807, 2.05) is 25.7 Å². The normalized spacial score (nSPS) is 22.9. The summed E-state index contributed by atoms with van der Waals surface area (Å²) in [6.45, 7) is 6.92. The summed E-state index contributed by atoms with van der Waals surface area (Å²) >= 11 is 3.43. The minimum Gasteiger partial charge on any atom is -0.506 e. The van der Waals surface area contributed by atoms with Crippen molar-refractivity contribution in [2.24, 2.45) is 0 Å². The molecular weight excluding hydrogens is 402 g/mol. The van der Waals surface area contributed by atoms with E-state index in [1.165, 1.54) is 0 Å². The molecule has 2 fully saturated rings. The molecule has 140 valence electrons. The largest absolute Gasteiger partial charge is 0.506 e. The van der Waals surface area contributed by atoms with Crippen LogP contribution in [0.15, 0.2) is 21.0 Å². The number of hydrogen-bond donors (Lipinski definition) is 1. The lowest BCUT2D eigenvalue weighted by Crippen LogP contribution is -2.56. The Bertz CT molecular complexity index is 807. The van der Waals surface area contributed by atoms with Gasteiger partial charge >= 0.3 is 6.09 Å². The number of rotatable bonds is 1. The van der Waals surface area contributed by atoms with E-state index in [4.69, 9.17) is 9.15 Å². The van der Waals surface area contributed by atoms with Gasteiger partial charge in [-0.25, -0.2) is 4.79 Å². The number of amides is 1. The fourth-order valence-electron chi connectivity index (χ4n) is 3.76. The molecule has 7 nitrogen and oxygen atoms in total. The Morgan fingerprint density at radius 1 is 1.31 bits per heavy atom. The molecule has 2 saturated heterocycles. The number of anilines is 1. The lowest BCUT2D eigenvalue weighted by atomic mass is 10.2. The van der Waals surface area contributed by atoms with Gasteiger partial charge in [0.25, 0.3) is 6.01 Å². The number of halogens is 1. The van der Waals surface area contributed by atoms with Crippen LogP contribution in [0.3, 0.4) is 0 Å². The van der Waals surface area contributed by atoms with Gasteiger partial charge in [-0.15, -0.1) is 0 Å². The summed E-state index contributed by atoms with van der Waals surface area (Å²) in [4.78, 5) is 20.9.